The third-order valence-electron chi connectivity index (χ3n) is 4.50. The highest BCUT2D eigenvalue weighted by Crippen LogP contribution is 2.42. The summed E-state index contributed by atoms with van der Waals surface area (Å²) in [5.41, 5.74) is 2.59. The van der Waals surface area contributed by atoms with Gasteiger partial charge in [0.1, 0.15) is 11.2 Å². The molecule has 5 nitrogen and oxygen atoms in total. The van der Waals surface area contributed by atoms with Crippen molar-refractivity contribution >= 4 is 35.0 Å². The second-order valence-corrected chi connectivity index (χ2v) is 7.48. The van der Waals surface area contributed by atoms with Crippen LogP contribution in [0.2, 0.25) is 0 Å². The fourth-order valence-electron chi connectivity index (χ4n) is 3.01. The molecule has 2 heterocycles. The summed E-state index contributed by atoms with van der Waals surface area (Å²) in [6, 6.07) is 15.3. The van der Waals surface area contributed by atoms with Gasteiger partial charge in [0.15, 0.2) is 5.76 Å². The maximum atomic E-state index is 14.0. The summed E-state index contributed by atoms with van der Waals surface area (Å²) >= 11 is 1.49. The van der Waals surface area contributed by atoms with Gasteiger partial charge in [-0.05, 0) is 54.4 Å². The molecular weight excluding hydrogens is 379 g/mol. The zero-order valence-corrected chi connectivity index (χ0v) is 15.8. The average molecular weight is 396 g/mol. The predicted octanol–water partition coefficient (Wildman–Crippen LogP) is 4.76. The highest BCUT2D eigenvalue weighted by molar-refractivity contribution is 8.00. The number of rotatable bonds is 4. The number of anilines is 2. The van der Waals surface area contributed by atoms with Crippen LogP contribution in [0.4, 0.5) is 15.8 Å². The number of aryl methyl sites for hydroxylation is 1. The Morgan fingerprint density at radius 1 is 1.21 bits per heavy atom. The van der Waals surface area contributed by atoms with Gasteiger partial charge in [0, 0.05) is 11.4 Å². The molecule has 1 atom stereocenters. The van der Waals surface area contributed by atoms with Gasteiger partial charge in [-0.15, -0.1) is 11.8 Å². The molecule has 2 amide bonds. The van der Waals surface area contributed by atoms with Crippen LogP contribution >= 0.6 is 11.8 Å². The van der Waals surface area contributed by atoms with Gasteiger partial charge in [0.2, 0.25) is 5.91 Å². The lowest BCUT2D eigenvalue weighted by atomic mass is 10.1. The zero-order chi connectivity index (χ0) is 19.7. The average Bonchev–Trinajstić information content (AvgIpc) is 3.35. The maximum Gasteiger partial charge on any atom is 0.291 e. The molecule has 142 valence electrons. The summed E-state index contributed by atoms with van der Waals surface area (Å²) in [5.74, 6) is -0.171. The van der Waals surface area contributed by atoms with Gasteiger partial charge < -0.3 is 9.73 Å². The molecule has 0 radical (unpaired) electrons. The molecule has 0 unspecified atom stereocenters. The Bertz CT molecular complexity index is 1020. The van der Waals surface area contributed by atoms with Crippen LogP contribution in [0.5, 0.6) is 0 Å². The van der Waals surface area contributed by atoms with Crippen LogP contribution in [0.3, 0.4) is 0 Å². The number of benzene rings is 2. The van der Waals surface area contributed by atoms with Gasteiger partial charge >= 0.3 is 0 Å². The van der Waals surface area contributed by atoms with E-state index in [0.717, 1.165) is 5.56 Å². The molecule has 0 spiro atoms. The summed E-state index contributed by atoms with van der Waals surface area (Å²) in [6.07, 6.45) is 1.44. The van der Waals surface area contributed by atoms with Gasteiger partial charge in [-0.25, -0.2) is 4.39 Å². The first-order valence-corrected chi connectivity index (χ1v) is 9.72. The van der Waals surface area contributed by atoms with Crippen molar-refractivity contribution in [3.05, 3.63) is 83.6 Å². The highest BCUT2D eigenvalue weighted by atomic mass is 32.2. The Kier molecular flexibility index (Phi) is 4.92. The van der Waals surface area contributed by atoms with Gasteiger partial charge in [-0.2, -0.15) is 0 Å². The molecule has 1 fully saturated rings. The molecule has 1 aromatic heterocycles. The lowest BCUT2D eigenvalue weighted by molar-refractivity contribution is -0.115. The van der Waals surface area contributed by atoms with E-state index in [2.05, 4.69) is 5.32 Å². The third-order valence-corrected chi connectivity index (χ3v) is 5.71. The van der Waals surface area contributed by atoms with E-state index in [4.69, 9.17) is 4.42 Å². The van der Waals surface area contributed by atoms with Crippen LogP contribution in [0.15, 0.2) is 65.3 Å². The van der Waals surface area contributed by atoms with Crippen molar-refractivity contribution in [2.24, 2.45) is 0 Å². The maximum absolute atomic E-state index is 14.0. The number of carbonyl (C=O) groups is 2. The second-order valence-electron chi connectivity index (χ2n) is 6.41. The van der Waals surface area contributed by atoms with Gasteiger partial charge in [-0.1, -0.05) is 18.2 Å². The largest absolute Gasteiger partial charge is 0.459 e. The smallest absolute Gasteiger partial charge is 0.291 e. The van der Waals surface area contributed by atoms with Crippen LogP contribution in [0, 0.1) is 12.7 Å². The van der Waals surface area contributed by atoms with E-state index in [1.165, 1.54) is 24.1 Å². The monoisotopic (exact) mass is 396 g/mol. The molecule has 0 bridgehead atoms. The summed E-state index contributed by atoms with van der Waals surface area (Å²) in [7, 11) is 0. The second kappa shape index (κ2) is 7.52. The highest BCUT2D eigenvalue weighted by Gasteiger charge is 2.34. The minimum atomic E-state index is -0.336. The molecule has 1 aliphatic heterocycles. The number of thioether (sulfide) groups is 1. The number of nitrogens with zero attached hydrogens (tertiary/aromatic N) is 1. The molecule has 1 N–H and O–H groups in total. The molecule has 7 heteroatoms. The summed E-state index contributed by atoms with van der Waals surface area (Å²) in [6.45, 7) is 1.69. The lowest BCUT2D eigenvalue weighted by Crippen LogP contribution is -2.28. The van der Waals surface area contributed by atoms with Crippen molar-refractivity contribution in [3.8, 4) is 0 Å². The summed E-state index contributed by atoms with van der Waals surface area (Å²) < 4.78 is 19.1. The normalized spacial score (nSPS) is 16.4. The number of carbonyl (C=O) groups excluding carboxylic acids is 2. The molecule has 1 saturated heterocycles. The zero-order valence-electron chi connectivity index (χ0n) is 15.0. The lowest BCUT2D eigenvalue weighted by Gasteiger charge is -2.24. The molecule has 3 aromatic rings. The summed E-state index contributed by atoms with van der Waals surface area (Å²) in [4.78, 5) is 26.1. The first kappa shape index (κ1) is 18.3. The predicted molar refractivity (Wildman–Crippen MR) is 107 cm³/mol. The standard InChI is InChI=1S/C21H17FN2O3S/c1-13-4-9-16(11-17(13)22)24-19(25)12-28-21(24)14-5-7-15(8-6-14)23-20(26)18-3-2-10-27-18/h2-11,21H,12H2,1H3,(H,23,26)/t21-/m1/s1. The molecule has 4 rings (SSSR count). The molecular formula is C21H17FN2O3S. The molecule has 0 aliphatic carbocycles. The van der Waals surface area contributed by atoms with Gasteiger partial charge in [0.05, 0.1) is 12.0 Å². The Morgan fingerprint density at radius 3 is 2.68 bits per heavy atom. The van der Waals surface area contributed by atoms with E-state index in [1.807, 2.05) is 12.1 Å². The van der Waals surface area contributed by atoms with Crippen LogP contribution in [-0.2, 0) is 4.79 Å². The van der Waals surface area contributed by atoms with Gasteiger partial charge in [-0.3, -0.25) is 14.5 Å². The topological polar surface area (TPSA) is 62.6 Å². The Balaban J connectivity index is 1.55. The Morgan fingerprint density at radius 2 is 2.00 bits per heavy atom. The van der Waals surface area contributed by atoms with Crippen LogP contribution < -0.4 is 10.2 Å². The van der Waals surface area contributed by atoms with E-state index in [1.54, 1.807) is 48.2 Å². The Labute approximate surface area is 165 Å². The Hall–Kier alpha value is -3.06. The SMILES string of the molecule is Cc1ccc(N2C(=O)CS[C@@H]2c2ccc(NC(=O)c3ccco3)cc2)cc1F. The fourth-order valence-corrected chi connectivity index (χ4v) is 4.19. The van der Waals surface area contributed by atoms with Gasteiger partial charge in [0.25, 0.3) is 5.91 Å². The molecule has 28 heavy (non-hydrogen) atoms. The number of nitrogens with one attached hydrogen (secondary N) is 1. The first-order valence-electron chi connectivity index (χ1n) is 8.67. The van der Waals surface area contributed by atoms with E-state index in [-0.39, 0.29) is 28.8 Å². The number of halogens is 1. The summed E-state index contributed by atoms with van der Waals surface area (Å²) in [5, 5.41) is 2.51. The molecule has 1 aliphatic rings. The van der Waals surface area contributed by atoms with E-state index >= 15 is 0 Å². The fraction of sp³-hybridized carbons (Fsp3) is 0.143. The number of amides is 2. The van der Waals surface area contributed by atoms with Crippen molar-refractivity contribution < 1.29 is 18.4 Å². The minimum Gasteiger partial charge on any atom is -0.459 e. The minimum absolute atomic E-state index is 0.0616. The van der Waals surface area contributed by atoms with Crippen LogP contribution in [-0.4, -0.2) is 17.6 Å². The van der Waals surface area contributed by atoms with Crippen molar-refractivity contribution in [1.82, 2.24) is 0 Å². The van der Waals surface area contributed by atoms with E-state index in [0.29, 0.717) is 22.7 Å². The third kappa shape index (κ3) is 3.53. The van der Waals surface area contributed by atoms with E-state index in [9.17, 15) is 14.0 Å². The van der Waals surface area contributed by atoms with E-state index < -0.39 is 0 Å². The van der Waals surface area contributed by atoms with Crippen molar-refractivity contribution in [1.29, 1.82) is 0 Å². The quantitative estimate of drug-likeness (QED) is 0.691. The first-order chi connectivity index (χ1) is 13.5. The van der Waals surface area contributed by atoms with Crippen molar-refractivity contribution in [2.45, 2.75) is 12.3 Å². The van der Waals surface area contributed by atoms with Crippen molar-refractivity contribution in [3.63, 3.8) is 0 Å². The number of hydrogen-bond acceptors (Lipinski definition) is 4. The van der Waals surface area contributed by atoms with Crippen LogP contribution in [0.25, 0.3) is 0 Å². The molecule has 2 aromatic carbocycles. The van der Waals surface area contributed by atoms with Crippen LogP contribution in [0.1, 0.15) is 27.1 Å². The number of hydrogen-bond donors (Lipinski definition) is 1. The molecule has 0 saturated carbocycles. The van der Waals surface area contributed by atoms with Crippen molar-refractivity contribution in [2.75, 3.05) is 16.0 Å². The number of furan rings is 1.